The largest absolute Gasteiger partial charge is 0.385 e. The van der Waals surface area contributed by atoms with Gasteiger partial charge in [0.1, 0.15) is 11.9 Å². The van der Waals surface area contributed by atoms with E-state index in [4.69, 9.17) is 4.74 Å². The van der Waals surface area contributed by atoms with Gasteiger partial charge in [-0.2, -0.15) is 0 Å². The fourth-order valence-corrected chi connectivity index (χ4v) is 5.43. The molecule has 0 aliphatic carbocycles. The van der Waals surface area contributed by atoms with Gasteiger partial charge >= 0.3 is 0 Å². The predicted molar refractivity (Wildman–Crippen MR) is 156 cm³/mol. The molecule has 220 valence electrons. The number of ether oxygens (including phenoxy) is 1. The first kappa shape index (κ1) is 31.9. The fourth-order valence-electron chi connectivity index (χ4n) is 4.39. The quantitative estimate of drug-likeness (QED) is 0.249. The smallest absolute Gasteiger partial charge is 0.243 e. The van der Waals surface area contributed by atoms with Crippen LogP contribution in [-0.4, -0.2) is 58.0 Å². The van der Waals surface area contributed by atoms with Gasteiger partial charge in [0.15, 0.2) is 0 Å². The molecule has 0 aromatic heterocycles. The van der Waals surface area contributed by atoms with Crippen molar-refractivity contribution < 1.29 is 27.1 Å². The van der Waals surface area contributed by atoms with Gasteiger partial charge in [-0.15, -0.1) is 0 Å². The van der Waals surface area contributed by atoms with Crippen molar-refractivity contribution in [1.82, 2.24) is 14.9 Å². The molecular weight excluding hydrogens is 545 g/mol. The lowest BCUT2D eigenvalue weighted by molar-refractivity contribution is -0.141. The molecule has 0 spiro atoms. The van der Waals surface area contributed by atoms with E-state index >= 15 is 0 Å². The lowest BCUT2D eigenvalue weighted by Gasteiger charge is -2.31. The summed E-state index contributed by atoms with van der Waals surface area (Å²) in [7, 11) is -1.98. The third-order valence-electron chi connectivity index (χ3n) is 6.56. The number of nitrogens with one attached hydrogen (secondary N) is 2. The first-order valence-electron chi connectivity index (χ1n) is 13.7. The summed E-state index contributed by atoms with van der Waals surface area (Å²) in [4.78, 5) is 29.0. The molecule has 3 rings (SSSR count). The summed E-state index contributed by atoms with van der Waals surface area (Å²) in [5, 5.41) is 2.94. The van der Waals surface area contributed by atoms with Gasteiger partial charge in [0, 0.05) is 46.2 Å². The zero-order valence-corrected chi connectivity index (χ0v) is 24.3. The van der Waals surface area contributed by atoms with E-state index in [1.54, 1.807) is 43.2 Å². The maximum atomic E-state index is 13.8. The van der Waals surface area contributed by atoms with Crippen molar-refractivity contribution in [3.05, 3.63) is 101 Å². The van der Waals surface area contributed by atoms with E-state index in [-0.39, 0.29) is 42.0 Å². The number of methoxy groups -OCH3 is 1. The first-order chi connectivity index (χ1) is 19.7. The van der Waals surface area contributed by atoms with Crippen LogP contribution < -0.4 is 10.0 Å². The highest BCUT2D eigenvalue weighted by molar-refractivity contribution is 7.89. The highest BCUT2D eigenvalue weighted by Crippen LogP contribution is 2.18. The van der Waals surface area contributed by atoms with Crippen LogP contribution in [0.25, 0.3) is 0 Å². The van der Waals surface area contributed by atoms with Crippen molar-refractivity contribution in [2.45, 2.75) is 50.1 Å². The highest BCUT2D eigenvalue weighted by Gasteiger charge is 2.30. The van der Waals surface area contributed by atoms with Crippen LogP contribution in [-0.2, 0) is 43.7 Å². The van der Waals surface area contributed by atoms with Crippen LogP contribution >= 0.6 is 0 Å². The molecule has 2 amide bonds. The third kappa shape index (κ3) is 10.1. The van der Waals surface area contributed by atoms with Gasteiger partial charge in [0.05, 0.1) is 4.90 Å². The highest BCUT2D eigenvalue weighted by atomic mass is 32.2. The van der Waals surface area contributed by atoms with Crippen molar-refractivity contribution in [2.24, 2.45) is 0 Å². The molecule has 0 unspecified atom stereocenters. The number of halogens is 1. The minimum absolute atomic E-state index is 0.0999. The summed E-state index contributed by atoms with van der Waals surface area (Å²) >= 11 is 0. The summed E-state index contributed by atoms with van der Waals surface area (Å²) in [5.74, 6) is -0.909. The van der Waals surface area contributed by atoms with Crippen LogP contribution in [0.15, 0.2) is 83.8 Å². The van der Waals surface area contributed by atoms with E-state index in [0.29, 0.717) is 38.0 Å². The molecule has 0 radical (unpaired) electrons. The van der Waals surface area contributed by atoms with E-state index in [9.17, 15) is 22.4 Å². The van der Waals surface area contributed by atoms with Gasteiger partial charge in [-0.1, -0.05) is 61.5 Å². The van der Waals surface area contributed by atoms with E-state index in [1.807, 2.05) is 30.3 Å². The van der Waals surface area contributed by atoms with Crippen LogP contribution in [0.3, 0.4) is 0 Å². The van der Waals surface area contributed by atoms with Crippen LogP contribution in [0.4, 0.5) is 4.39 Å². The minimum atomic E-state index is -3.58. The van der Waals surface area contributed by atoms with Crippen molar-refractivity contribution in [3.8, 4) is 0 Å². The van der Waals surface area contributed by atoms with Crippen molar-refractivity contribution >= 4 is 21.8 Å². The number of carbonyl (C=O) groups excluding carboxylic acids is 2. The second kappa shape index (κ2) is 16.0. The number of nitrogens with zero attached hydrogens (tertiary/aromatic N) is 1. The average molecular weight is 584 g/mol. The number of hydrogen-bond acceptors (Lipinski definition) is 5. The Labute approximate surface area is 242 Å². The van der Waals surface area contributed by atoms with Gasteiger partial charge in [-0.05, 0) is 53.8 Å². The second-order valence-corrected chi connectivity index (χ2v) is 11.4. The number of benzene rings is 3. The lowest BCUT2D eigenvalue weighted by atomic mass is 10.0. The molecule has 41 heavy (non-hydrogen) atoms. The molecule has 0 bridgehead atoms. The molecule has 0 saturated carbocycles. The molecular formula is C31H38FN3O5S. The van der Waals surface area contributed by atoms with Gasteiger partial charge in [-0.25, -0.2) is 17.5 Å². The van der Waals surface area contributed by atoms with Crippen LogP contribution in [0, 0.1) is 5.82 Å². The van der Waals surface area contributed by atoms with Crippen molar-refractivity contribution in [2.75, 3.05) is 26.8 Å². The Morgan fingerprint density at radius 1 is 0.927 bits per heavy atom. The maximum absolute atomic E-state index is 13.8. The van der Waals surface area contributed by atoms with E-state index in [1.165, 1.54) is 24.3 Å². The Hall–Kier alpha value is -3.60. The number of hydrogen-bond donors (Lipinski definition) is 2. The molecule has 2 N–H and O–H groups in total. The Kier molecular flexibility index (Phi) is 12.5. The molecule has 0 aliphatic heterocycles. The number of sulfonamides is 1. The Morgan fingerprint density at radius 2 is 1.59 bits per heavy atom. The topological polar surface area (TPSA) is 105 Å². The normalized spacial score (nSPS) is 12.1. The van der Waals surface area contributed by atoms with Gasteiger partial charge in [0.25, 0.3) is 0 Å². The monoisotopic (exact) mass is 583 g/mol. The summed E-state index contributed by atoms with van der Waals surface area (Å²) in [6, 6.07) is 21.0. The van der Waals surface area contributed by atoms with Crippen LogP contribution in [0.1, 0.15) is 36.5 Å². The zero-order valence-electron chi connectivity index (χ0n) is 23.5. The molecule has 0 fully saturated rings. The molecule has 8 nitrogen and oxygen atoms in total. The Bertz CT molecular complexity index is 1350. The fraction of sp³-hybridized carbons (Fsp3) is 0.355. The van der Waals surface area contributed by atoms with Crippen LogP contribution in [0.5, 0.6) is 0 Å². The maximum Gasteiger partial charge on any atom is 0.243 e. The second-order valence-electron chi connectivity index (χ2n) is 9.64. The number of rotatable bonds is 16. The SMILES string of the molecule is CCNS(=O)(=O)c1ccc(CCC(=O)N(Cc2ccc(F)cc2)[C@@H](Cc2ccccc2)C(=O)NCCCOC)cc1. The van der Waals surface area contributed by atoms with Crippen molar-refractivity contribution in [1.29, 1.82) is 0 Å². The van der Waals surface area contributed by atoms with Gasteiger partial charge < -0.3 is 15.0 Å². The van der Waals surface area contributed by atoms with Crippen LogP contribution in [0.2, 0.25) is 0 Å². The van der Waals surface area contributed by atoms with Crippen molar-refractivity contribution in [3.63, 3.8) is 0 Å². The van der Waals surface area contributed by atoms with Gasteiger partial charge in [-0.3, -0.25) is 9.59 Å². The molecule has 10 heteroatoms. The molecule has 0 aliphatic rings. The lowest BCUT2D eigenvalue weighted by Crippen LogP contribution is -2.50. The molecule has 3 aromatic carbocycles. The Balaban J connectivity index is 1.84. The minimum Gasteiger partial charge on any atom is -0.385 e. The number of aryl methyl sites for hydroxylation is 1. The standard InChI is InChI=1S/C31H38FN3O5S/c1-3-34-41(38,39)28-17-12-24(13-18-28)14-19-30(36)35(23-26-10-15-27(32)16-11-26)29(22-25-8-5-4-6-9-25)31(37)33-20-7-21-40-2/h4-6,8-13,15-18,29,34H,3,7,14,19-23H2,1-2H3,(H,33,37)/t29-/m0/s1. The predicted octanol–water partition coefficient (Wildman–Crippen LogP) is 3.85. The first-order valence-corrected chi connectivity index (χ1v) is 15.1. The summed E-state index contributed by atoms with van der Waals surface area (Å²) in [6.45, 7) is 3.02. The zero-order chi connectivity index (χ0) is 29.7. The molecule has 0 heterocycles. The third-order valence-corrected chi connectivity index (χ3v) is 8.12. The number of amides is 2. The summed E-state index contributed by atoms with van der Waals surface area (Å²) < 4.78 is 45.7. The molecule has 1 atom stereocenters. The van der Waals surface area contributed by atoms with E-state index in [2.05, 4.69) is 10.0 Å². The number of carbonyl (C=O) groups is 2. The summed E-state index contributed by atoms with van der Waals surface area (Å²) in [6.07, 6.45) is 1.39. The molecule has 3 aromatic rings. The summed E-state index contributed by atoms with van der Waals surface area (Å²) in [5.41, 5.74) is 2.39. The Morgan fingerprint density at radius 3 is 2.22 bits per heavy atom. The average Bonchev–Trinajstić information content (AvgIpc) is 2.97. The van der Waals surface area contributed by atoms with E-state index < -0.39 is 16.1 Å². The van der Waals surface area contributed by atoms with Gasteiger partial charge in [0.2, 0.25) is 21.8 Å². The van der Waals surface area contributed by atoms with E-state index in [0.717, 1.165) is 11.1 Å². The molecule has 0 saturated heterocycles.